The third kappa shape index (κ3) is 8.04. The number of nitrogens with one attached hydrogen (secondary N) is 1. The van der Waals surface area contributed by atoms with Crippen LogP contribution in [0.15, 0.2) is 87.6 Å². The molecule has 236 valence electrons. The molecule has 0 spiro atoms. The Bertz CT molecular complexity index is 1660. The topological polar surface area (TPSA) is 87.5 Å². The van der Waals surface area contributed by atoms with E-state index in [1.54, 1.807) is 4.68 Å². The van der Waals surface area contributed by atoms with Gasteiger partial charge >= 0.3 is 5.97 Å². The lowest BCUT2D eigenvalue weighted by molar-refractivity contribution is -0.140. The first-order valence-corrected chi connectivity index (χ1v) is 17.2. The zero-order valence-electron chi connectivity index (χ0n) is 25.5. The van der Waals surface area contributed by atoms with Crippen LogP contribution in [0.4, 0.5) is 5.95 Å². The van der Waals surface area contributed by atoms with E-state index < -0.39 is 12.0 Å². The largest absolute Gasteiger partial charge is 0.490 e. The molecule has 8 nitrogen and oxygen atoms in total. The van der Waals surface area contributed by atoms with E-state index in [4.69, 9.17) is 35.9 Å². The molecule has 3 aromatic carbocycles. The Morgan fingerprint density at radius 2 is 1.84 bits per heavy atom. The summed E-state index contributed by atoms with van der Waals surface area (Å²) in [4.78, 5) is 18.6. The molecule has 1 aliphatic rings. The molecule has 0 radical (unpaired) electrons. The van der Waals surface area contributed by atoms with Crippen molar-refractivity contribution in [1.29, 1.82) is 0 Å². The highest BCUT2D eigenvalue weighted by molar-refractivity contribution is 9.10. The summed E-state index contributed by atoms with van der Waals surface area (Å²) in [5.74, 6) is 1.88. The molecule has 2 heterocycles. The van der Waals surface area contributed by atoms with Crippen LogP contribution in [0.1, 0.15) is 62.8 Å². The van der Waals surface area contributed by atoms with Crippen molar-refractivity contribution in [2.45, 2.75) is 63.6 Å². The highest BCUT2D eigenvalue weighted by atomic mass is 79.9. The zero-order chi connectivity index (χ0) is 31.8. The quantitative estimate of drug-likeness (QED) is 0.0788. The summed E-state index contributed by atoms with van der Waals surface area (Å²) in [6, 6.07) is 20.5. The SMILES string of the molecule is CCCCCOc1c(Br)cc(C2C(C(=O)OCc3ccccc3)=C(C)Nc3nc(SCc4ccccc4Cl)nn32)cc1OCC. The first kappa shape index (κ1) is 32.9. The number of rotatable bonds is 14. The highest BCUT2D eigenvalue weighted by Gasteiger charge is 2.36. The highest BCUT2D eigenvalue weighted by Crippen LogP contribution is 2.43. The smallest absolute Gasteiger partial charge is 0.338 e. The number of hydrogen-bond acceptors (Lipinski definition) is 8. The van der Waals surface area contributed by atoms with E-state index >= 15 is 0 Å². The maximum Gasteiger partial charge on any atom is 0.338 e. The first-order valence-electron chi connectivity index (χ1n) is 15.0. The summed E-state index contributed by atoms with van der Waals surface area (Å²) in [6.45, 7) is 7.11. The minimum Gasteiger partial charge on any atom is -0.490 e. The fourth-order valence-corrected chi connectivity index (χ4v) is 6.69. The molecule has 5 rings (SSSR count). The van der Waals surface area contributed by atoms with Gasteiger partial charge < -0.3 is 19.5 Å². The number of unbranched alkanes of at least 4 members (excludes halogenated alkanes) is 2. The van der Waals surface area contributed by atoms with E-state index in [1.165, 1.54) is 11.8 Å². The zero-order valence-corrected chi connectivity index (χ0v) is 28.7. The summed E-state index contributed by atoms with van der Waals surface area (Å²) in [7, 11) is 0. The Morgan fingerprint density at radius 3 is 2.60 bits per heavy atom. The van der Waals surface area contributed by atoms with Crippen molar-refractivity contribution in [2.75, 3.05) is 18.5 Å². The third-order valence-corrected chi connectivity index (χ3v) is 9.07. The van der Waals surface area contributed by atoms with Gasteiger partial charge in [0.05, 0.1) is 23.3 Å². The number of ether oxygens (including phenoxy) is 3. The summed E-state index contributed by atoms with van der Waals surface area (Å²) < 4.78 is 20.5. The minimum absolute atomic E-state index is 0.144. The number of carbonyl (C=O) groups is 1. The van der Waals surface area contributed by atoms with Gasteiger partial charge in [0.25, 0.3) is 0 Å². The van der Waals surface area contributed by atoms with Crippen molar-refractivity contribution in [2.24, 2.45) is 0 Å². The van der Waals surface area contributed by atoms with Crippen LogP contribution in [0.25, 0.3) is 0 Å². The van der Waals surface area contributed by atoms with Crippen LogP contribution in [0.3, 0.4) is 0 Å². The van der Waals surface area contributed by atoms with Gasteiger partial charge in [-0.1, -0.05) is 91.7 Å². The monoisotopic (exact) mass is 710 g/mol. The van der Waals surface area contributed by atoms with Crippen molar-refractivity contribution in [3.8, 4) is 11.5 Å². The molecule has 0 fully saturated rings. The number of thioether (sulfide) groups is 1. The van der Waals surface area contributed by atoms with Gasteiger partial charge in [0.2, 0.25) is 11.1 Å². The average Bonchev–Trinajstić information content (AvgIpc) is 3.44. The molecule has 0 bridgehead atoms. The Kier molecular flexibility index (Phi) is 11.5. The number of allylic oxidation sites excluding steroid dienone is 1. The molecule has 4 aromatic rings. The maximum absolute atomic E-state index is 13.8. The van der Waals surface area contributed by atoms with E-state index in [-0.39, 0.29) is 6.61 Å². The van der Waals surface area contributed by atoms with Gasteiger partial charge in [0, 0.05) is 16.5 Å². The third-order valence-electron chi connectivity index (χ3n) is 7.22. The number of fused-ring (bicyclic) bond motifs is 1. The second kappa shape index (κ2) is 15.7. The molecule has 1 aromatic heterocycles. The van der Waals surface area contributed by atoms with E-state index in [9.17, 15) is 4.79 Å². The lowest BCUT2D eigenvalue weighted by atomic mass is 9.95. The van der Waals surface area contributed by atoms with E-state index in [2.05, 4.69) is 28.2 Å². The summed E-state index contributed by atoms with van der Waals surface area (Å²) in [6.07, 6.45) is 3.13. The summed E-state index contributed by atoms with van der Waals surface area (Å²) in [5, 5.41) is 9.40. The molecule has 0 saturated carbocycles. The average molecular weight is 712 g/mol. The molecule has 1 atom stereocenters. The van der Waals surface area contributed by atoms with Crippen LogP contribution in [0, 0.1) is 0 Å². The van der Waals surface area contributed by atoms with Gasteiger partial charge in [-0.3, -0.25) is 0 Å². The predicted octanol–water partition coefficient (Wildman–Crippen LogP) is 8.99. The van der Waals surface area contributed by atoms with Gasteiger partial charge in [-0.05, 0) is 71.1 Å². The number of nitrogens with zero attached hydrogens (tertiary/aromatic N) is 3. The van der Waals surface area contributed by atoms with Crippen LogP contribution in [0.2, 0.25) is 5.02 Å². The molecule has 1 unspecified atom stereocenters. The van der Waals surface area contributed by atoms with E-state index in [1.807, 2.05) is 80.6 Å². The normalized spacial score (nSPS) is 14.1. The Morgan fingerprint density at radius 1 is 1.07 bits per heavy atom. The Balaban J connectivity index is 1.51. The van der Waals surface area contributed by atoms with E-state index in [0.717, 1.165) is 40.4 Å². The van der Waals surface area contributed by atoms with Gasteiger partial charge in [-0.25, -0.2) is 9.48 Å². The number of aromatic nitrogens is 3. The summed E-state index contributed by atoms with van der Waals surface area (Å²) >= 11 is 11.6. The summed E-state index contributed by atoms with van der Waals surface area (Å²) in [5.41, 5.74) is 3.72. The lowest BCUT2D eigenvalue weighted by Crippen LogP contribution is -2.29. The number of hydrogen-bond donors (Lipinski definition) is 1. The Hall–Kier alpha value is -3.47. The second-order valence-electron chi connectivity index (χ2n) is 10.5. The molecule has 0 amide bonds. The molecular formula is C34H36BrClN4O4S. The van der Waals surface area contributed by atoms with Gasteiger partial charge in [0.1, 0.15) is 12.6 Å². The molecule has 1 N–H and O–H groups in total. The van der Waals surface area contributed by atoms with Crippen LogP contribution in [-0.2, 0) is 21.9 Å². The van der Waals surface area contributed by atoms with Crippen LogP contribution < -0.4 is 14.8 Å². The number of esters is 1. The van der Waals surface area contributed by atoms with Crippen molar-refractivity contribution in [3.63, 3.8) is 0 Å². The predicted molar refractivity (Wildman–Crippen MR) is 182 cm³/mol. The molecule has 0 aliphatic carbocycles. The van der Waals surface area contributed by atoms with Crippen LogP contribution in [-0.4, -0.2) is 33.9 Å². The molecule has 45 heavy (non-hydrogen) atoms. The van der Waals surface area contributed by atoms with Crippen molar-refractivity contribution >= 4 is 51.2 Å². The number of anilines is 1. The number of halogens is 2. The van der Waals surface area contributed by atoms with Gasteiger partial charge in [-0.2, -0.15) is 4.98 Å². The molecule has 11 heteroatoms. The fourth-order valence-electron chi connectivity index (χ4n) is 5.00. The van der Waals surface area contributed by atoms with Crippen LogP contribution in [0.5, 0.6) is 11.5 Å². The minimum atomic E-state index is -0.642. The van der Waals surface area contributed by atoms with E-state index in [0.29, 0.717) is 57.9 Å². The Labute approximate surface area is 281 Å². The fraction of sp³-hybridized carbons (Fsp3) is 0.324. The van der Waals surface area contributed by atoms with Gasteiger partial charge in [0.15, 0.2) is 11.5 Å². The number of carbonyl (C=O) groups excluding carboxylic acids is 1. The maximum atomic E-state index is 13.8. The molecule has 0 saturated heterocycles. The van der Waals surface area contributed by atoms with Gasteiger partial charge in [-0.15, -0.1) is 5.10 Å². The standard InChI is InChI=1S/C34H36BrClN4O4S/c1-4-6-12-17-43-31-26(35)18-25(19-28(31)42-5-2)30-29(32(41)44-20-23-13-8-7-9-14-23)22(3)37-33-38-34(39-40(30)33)45-21-24-15-10-11-16-27(24)36/h7-11,13-16,18-19,30H,4-6,12,17,20-21H2,1-3H3,(H,37,38,39). The second-order valence-corrected chi connectivity index (χ2v) is 12.7. The van der Waals surface area contributed by atoms with Crippen molar-refractivity contribution in [3.05, 3.63) is 104 Å². The molecular weight excluding hydrogens is 676 g/mol. The first-order chi connectivity index (χ1) is 21.9. The molecule has 1 aliphatic heterocycles. The van der Waals surface area contributed by atoms with Crippen molar-refractivity contribution < 1.29 is 19.0 Å². The number of benzene rings is 3. The van der Waals surface area contributed by atoms with Crippen molar-refractivity contribution in [1.82, 2.24) is 14.8 Å². The van der Waals surface area contributed by atoms with Crippen LogP contribution >= 0.6 is 39.3 Å². The lowest BCUT2D eigenvalue weighted by Gasteiger charge is -2.29.